The monoisotopic (exact) mass is 850 g/mol. The first-order valence-corrected chi connectivity index (χ1v) is 21.1. The molecule has 0 saturated carbocycles. The maximum atomic E-state index is 14.9. The summed E-state index contributed by atoms with van der Waals surface area (Å²) in [6.45, 7) is 2.39. The van der Waals surface area contributed by atoms with Gasteiger partial charge in [-0.15, -0.1) is 5.10 Å². The summed E-state index contributed by atoms with van der Waals surface area (Å²) in [5.41, 5.74) is 3.22. The van der Waals surface area contributed by atoms with Gasteiger partial charge in [-0.2, -0.15) is 0 Å². The SMILES string of the molecule is C[C@@H](/C=C/CCn1cc(CCO)nn1)[C@]1(O)C(=O)N(Cc2ccc(N3C(=O)c4ccccc4Oc4ccccc43)cc2)c2ccc(N3C(=O)c4ccccc4Oc4ccccc43)cc21. The molecule has 3 aliphatic heterocycles. The van der Waals surface area contributed by atoms with E-state index in [0.29, 0.717) is 93.2 Å². The van der Waals surface area contributed by atoms with Gasteiger partial charge in [-0.1, -0.05) is 85.0 Å². The summed E-state index contributed by atoms with van der Waals surface area (Å²) < 4.78 is 14.1. The Bertz CT molecular complexity index is 2980. The van der Waals surface area contributed by atoms with Crippen molar-refractivity contribution >= 4 is 46.2 Å². The van der Waals surface area contributed by atoms with E-state index in [4.69, 9.17) is 9.47 Å². The molecule has 3 amide bonds. The highest BCUT2D eigenvalue weighted by atomic mass is 16.5. The number of allylic oxidation sites excluding steroid dienone is 1. The average Bonchev–Trinajstić information content (AvgIpc) is 3.77. The summed E-state index contributed by atoms with van der Waals surface area (Å²) in [6, 6.07) is 41.5. The Balaban J connectivity index is 0.998. The van der Waals surface area contributed by atoms with E-state index in [2.05, 4.69) is 10.3 Å². The zero-order chi connectivity index (χ0) is 44.0. The minimum Gasteiger partial charge on any atom is -0.454 e. The van der Waals surface area contributed by atoms with Crippen molar-refractivity contribution in [2.75, 3.05) is 21.3 Å². The fraction of sp³-hybridized carbons (Fsp3) is 0.157. The molecule has 0 saturated heterocycles. The van der Waals surface area contributed by atoms with E-state index in [1.54, 1.807) is 99.2 Å². The van der Waals surface area contributed by atoms with Crippen LogP contribution in [-0.4, -0.2) is 49.5 Å². The van der Waals surface area contributed by atoms with Gasteiger partial charge < -0.3 is 24.6 Å². The number of aliphatic hydroxyl groups excluding tert-OH is 1. The molecular formula is C51H42N6O7. The number of hydrogen-bond acceptors (Lipinski definition) is 9. The summed E-state index contributed by atoms with van der Waals surface area (Å²) in [7, 11) is 0. The van der Waals surface area contributed by atoms with Crippen LogP contribution in [0.2, 0.25) is 0 Å². The van der Waals surface area contributed by atoms with Crippen LogP contribution in [-0.2, 0) is 29.9 Å². The van der Waals surface area contributed by atoms with Crippen LogP contribution in [0.5, 0.6) is 23.0 Å². The van der Waals surface area contributed by atoms with Crippen LogP contribution in [0.15, 0.2) is 158 Å². The second-order valence-electron chi connectivity index (χ2n) is 15.9. The lowest BCUT2D eigenvalue weighted by Crippen LogP contribution is -2.44. The average molecular weight is 851 g/mol. The van der Waals surface area contributed by atoms with Crippen molar-refractivity contribution in [3.63, 3.8) is 0 Å². The third kappa shape index (κ3) is 6.96. The van der Waals surface area contributed by atoms with Crippen molar-refractivity contribution < 1.29 is 34.1 Å². The largest absolute Gasteiger partial charge is 0.454 e. The van der Waals surface area contributed by atoms with Crippen LogP contribution in [0.25, 0.3) is 0 Å². The number of carbonyl (C=O) groups excluding carboxylic acids is 3. The third-order valence-corrected chi connectivity index (χ3v) is 11.9. The van der Waals surface area contributed by atoms with Crippen LogP contribution in [0, 0.1) is 5.92 Å². The molecule has 3 aliphatic rings. The second kappa shape index (κ2) is 16.4. The highest BCUT2D eigenvalue weighted by Gasteiger charge is 2.53. The minimum atomic E-state index is -2.03. The molecule has 2 N–H and O–H groups in total. The Morgan fingerprint density at radius 3 is 1.88 bits per heavy atom. The third-order valence-electron chi connectivity index (χ3n) is 11.9. The van der Waals surface area contributed by atoms with Crippen LogP contribution in [0.4, 0.5) is 28.4 Å². The predicted molar refractivity (Wildman–Crippen MR) is 241 cm³/mol. The van der Waals surface area contributed by atoms with Gasteiger partial charge >= 0.3 is 0 Å². The van der Waals surface area contributed by atoms with Crippen LogP contribution >= 0.6 is 0 Å². The number of nitrogens with zero attached hydrogens (tertiary/aromatic N) is 6. The summed E-state index contributed by atoms with van der Waals surface area (Å²) in [4.78, 5) is 48.2. The smallest absolute Gasteiger partial charge is 0.266 e. The van der Waals surface area contributed by atoms with Gasteiger partial charge in [0.2, 0.25) is 0 Å². The molecule has 4 heterocycles. The molecule has 0 unspecified atom stereocenters. The van der Waals surface area contributed by atoms with Crippen molar-refractivity contribution in [2.45, 2.75) is 38.5 Å². The first-order chi connectivity index (χ1) is 31.2. The molecule has 6 aromatic carbocycles. The first-order valence-electron chi connectivity index (χ1n) is 21.1. The van der Waals surface area contributed by atoms with Crippen molar-refractivity contribution in [2.24, 2.45) is 5.92 Å². The van der Waals surface area contributed by atoms with Gasteiger partial charge in [0.1, 0.15) is 11.5 Å². The van der Waals surface area contributed by atoms with E-state index in [1.807, 2.05) is 84.9 Å². The van der Waals surface area contributed by atoms with E-state index in [9.17, 15) is 24.6 Å². The zero-order valence-electron chi connectivity index (χ0n) is 34.7. The normalized spacial score (nSPS) is 16.9. The highest BCUT2D eigenvalue weighted by Crippen LogP contribution is 2.50. The van der Waals surface area contributed by atoms with Gasteiger partial charge in [-0.3, -0.25) is 28.9 Å². The topological polar surface area (TPSA) is 151 Å². The number of benzene rings is 6. The van der Waals surface area contributed by atoms with Gasteiger partial charge in [0.05, 0.1) is 40.4 Å². The van der Waals surface area contributed by atoms with Crippen molar-refractivity contribution in [3.05, 3.63) is 186 Å². The van der Waals surface area contributed by atoms with E-state index >= 15 is 0 Å². The number of rotatable bonds is 11. The predicted octanol–water partition coefficient (Wildman–Crippen LogP) is 9.00. The molecule has 318 valence electrons. The molecular weight excluding hydrogens is 809 g/mol. The number of amides is 3. The van der Waals surface area contributed by atoms with E-state index < -0.39 is 17.4 Å². The molecule has 64 heavy (non-hydrogen) atoms. The number of aryl methyl sites for hydroxylation is 1. The molecule has 0 aliphatic carbocycles. The van der Waals surface area contributed by atoms with E-state index in [0.717, 1.165) is 5.56 Å². The van der Waals surface area contributed by atoms with Crippen molar-refractivity contribution in [1.29, 1.82) is 0 Å². The number of carbonyl (C=O) groups is 3. The van der Waals surface area contributed by atoms with Crippen molar-refractivity contribution in [1.82, 2.24) is 15.0 Å². The molecule has 1 aromatic heterocycles. The maximum absolute atomic E-state index is 14.9. The molecule has 13 heteroatoms. The molecule has 10 rings (SSSR count). The molecule has 13 nitrogen and oxygen atoms in total. The molecule has 0 fully saturated rings. The standard InChI is InChI=1S/C51H42N6O7/c1-33(12-10-11-28-54-32-35(27-29-58)52-53-54)51(62)40-30-37(57-43-16-5-9-20-47(43)64-45-18-7-3-14-39(45)49(57)60)25-26-41(40)55(50(51)61)31-34-21-23-36(24-22-34)56-42-15-4-8-19-46(42)63-44-17-6-2-13-38(44)48(56)59/h2-10,12-26,30,32-33,58,62H,11,27-29,31H2,1H3/b12-10+/t33-,51+/m0/s1. The van der Waals surface area contributed by atoms with Crippen molar-refractivity contribution in [3.8, 4) is 23.0 Å². The summed E-state index contributed by atoms with van der Waals surface area (Å²) in [5.74, 6) is 0.109. The van der Waals surface area contributed by atoms with E-state index in [1.165, 1.54) is 0 Å². The lowest BCUT2D eigenvalue weighted by molar-refractivity contribution is -0.139. The molecule has 0 spiro atoms. The van der Waals surface area contributed by atoms with Crippen LogP contribution < -0.4 is 24.2 Å². The molecule has 2 atom stereocenters. The van der Waals surface area contributed by atoms with Gasteiger partial charge in [0.25, 0.3) is 17.7 Å². The number of hydrogen-bond donors (Lipinski definition) is 2. The fourth-order valence-corrected chi connectivity index (χ4v) is 8.62. The number of aromatic nitrogens is 3. The Labute approximate surface area is 368 Å². The van der Waals surface area contributed by atoms with Crippen LogP contribution in [0.1, 0.15) is 50.9 Å². The lowest BCUT2D eigenvalue weighted by Gasteiger charge is -2.28. The van der Waals surface area contributed by atoms with Gasteiger partial charge in [-0.05, 0) is 90.8 Å². The van der Waals surface area contributed by atoms with E-state index in [-0.39, 0.29) is 25.0 Å². The second-order valence-corrected chi connectivity index (χ2v) is 15.9. The molecule has 0 radical (unpaired) electrons. The van der Waals surface area contributed by atoms with Gasteiger partial charge in [0, 0.05) is 48.6 Å². The Kier molecular flexibility index (Phi) is 10.3. The minimum absolute atomic E-state index is 0.0202. The lowest BCUT2D eigenvalue weighted by atomic mass is 9.82. The number of aliphatic hydroxyl groups is 2. The fourth-order valence-electron chi connectivity index (χ4n) is 8.62. The highest BCUT2D eigenvalue weighted by molar-refractivity contribution is 6.16. The zero-order valence-corrected chi connectivity index (χ0v) is 34.7. The Morgan fingerprint density at radius 1 is 0.688 bits per heavy atom. The number of anilines is 5. The Morgan fingerprint density at radius 2 is 1.25 bits per heavy atom. The Hall–Kier alpha value is -7.87. The van der Waals surface area contributed by atoms with Gasteiger partial charge in [-0.25, -0.2) is 0 Å². The van der Waals surface area contributed by atoms with Crippen LogP contribution in [0.3, 0.4) is 0 Å². The number of fused-ring (bicyclic) bond motifs is 5. The number of para-hydroxylation sites is 6. The molecule has 0 bridgehead atoms. The quantitative estimate of drug-likeness (QED) is 0.122. The number of ether oxygens (including phenoxy) is 2. The summed E-state index contributed by atoms with van der Waals surface area (Å²) in [5, 5.41) is 30.4. The first kappa shape index (κ1) is 40.2. The molecule has 7 aromatic rings. The maximum Gasteiger partial charge on any atom is 0.266 e. The summed E-state index contributed by atoms with van der Waals surface area (Å²) in [6.07, 6.45) is 6.47. The summed E-state index contributed by atoms with van der Waals surface area (Å²) >= 11 is 0. The van der Waals surface area contributed by atoms with Gasteiger partial charge in [0.15, 0.2) is 17.1 Å².